The Labute approximate surface area is 181 Å². The van der Waals surface area contributed by atoms with Gasteiger partial charge in [-0.15, -0.1) is 0 Å². The summed E-state index contributed by atoms with van der Waals surface area (Å²) in [6.07, 6.45) is 2.45. The standard InChI is InChI=1S/C24H28F2N4O/c1-4-20(31)30-11-10-27-19(13-30)24-9-8-15(23(24,2)3)14-12-18(28-29-22(14)24)21-16(25)6-5-7-17(21)26/h5-7,12,15,19,27H,4,8-11,13H2,1-3H3/t15-,19-,24-/m0/s1. The molecule has 2 aliphatic carbocycles. The maximum absolute atomic E-state index is 14.4. The van der Waals surface area contributed by atoms with Gasteiger partial charge in [0.05, 0.1) is 17.0 Å². The number of carbonyl (C=O) groups excluding carboxylic acids is 1. The Morgan fingerprint density at radius 3 is 2.71 bits per heavy atom. The molecule has 3 atom stereocenters. The summed E-state index contributed by atoms with van der Waals surface area (Å²) in [5, 5.41) is 12.6. The predicted molar refractivity (Wildman–Crippen MR) is 113 cm³/mol. The number of fused-ring (bicyclic) bond motifs is 5. The van der Waals surface area contributed by atoms with E-state index < -0.39 is 11.6 Å². The maximum atomic E-state index is 14.4. The average Bonchev–Trinajstić information content (AvgIpc) is 3.14. The van der Waals surface area contributed by atoms with Crippen LogP contribution in [0.5, 0.6) is 0 Å². The molecule has 1 saturated carbocycles. The highest BCUT2D eigenvalue weighted by Gasteiger charge is 2.66. The van der Waals surface area contributed by atoms with E-state index in [1.807, 2.05) is 17.9 Å². The van der Waals surface area contributed by atoms with Gasteiger partial charge in [-0.1, -0.05) is 26.8 Å². The Balaban J connectivity index is 1.60. The highest BCUT2D eigenvalue weighted by atomic mass is 19.1. The van der Waals surface area contributed by atoms with E-state index in [0.29, 0.717) is 19.5 Å². The molecule has 0 spiro atoms. The van der Waals surface area contributed by atoms with Crippen molar-refractivity contribution >= 4 is 5.91 Å². The van der Waals surface area contributed by atoms with Crippen LogP contribution in [0.25, 0.3) is 11.3 Å². The third kappa shape index (κ3) is 2.71. The Morgan fingerprint density at radius 1 is 1.26 bits per heavy atom. The van der Waals surface area contributed by atoms with Gasteiger partial charge >= 0.3 is 0 Å². The van der Waals surface area contributed by atoms with E-state index in [1.54, 1.807) is 0 Å². The maximum Gasteiger partial charge on any atom is 0.222 e. The second kappa shape index (κ2) is 7.05. The van der Waals surface area contributed by atoms with Gasteiger partial charge in [0.2, 0.25) is 5.91 Å². The number of aromatic nitrogens is 2. The van der Waals surface area contributed by atoms with E-state index in [0.717, 1.165) is 30.6 Å². The minimum atomic E-state index is -0.631. The number of nitrogens with one attached hydrogen (secondary N) is 1. The fraction of sp³-hybridized carbons (Fsp3) is 0.542. The van der Waals surface area contributed by atoms with Crippen LogP contribution in [0, 0.1) is 17.0 Å². The number of rotatable bonds is 3. The van der Waals surface area contributed by atoms with Crippen LogP contribution in [0.3, 0.4) is 0 Å². The molecular weight excluding hydrogens is 398 g/mol. The number of hydrogen-bond acceptors (Lipinski definition) is 4. The molecule has 0 radical (unpaired) electrons. The first-order valence-corrected chi connectivity index (χ1v) is 11.1. The van der Waals surface area contributed by atoms with Crippen LogP contribution >= 0.6 is 0 Å². The smallest absolute Gasteiger partial charge is 0.222 e. The SMILES string of the molecule is CCC(=O)N1CCN[C@H]([C@@]23CC[C@@H](c4cc(-c5c(F)cccc5F)nnc42)C3(C)C)C1. The largest absolute Gasteiger partial charge is 0.340 e. The number of piperazine rings is 1. The van der Waals surface area contributed by atoms with E-state index in [4.69, 9.17) is 0 Å². The summed E-state index contributed by atoms with van der Waals surface area (Å²) in [5.74, 6) is -0.848. The molecule has 164 valence electrons. The van der Waals surface area contributed by atoms with Crippen LogP contribution < -0.4 is 5.32 Å². The van der Waals surface area contributed by atoms with E-state index in [1.165, 1.54) is 18.2 Å². The third-order valence-electron chi connectivity index (χ3n) is 8.11. The highest BCUT2D eigenvalue weighted by Crippen LogP contribution is 2.68. The fourth-order valence-corrected chi connectivity index (χ4v) is 6.54. The van der Waals surface area contributed by atoms with Crippen LogP contribution in [-0.4, -0.2) is 46.7 Å². The van der Waals surface area contributed by atoms with Gasteiger partial charge in [0.15, 0.2) is 0 Å². The summed E-state index contributed by atoms with van der Waals surface area (Å²) in [5.41, 5.74) is 1.73. The van der Waals surface area contributed by atoms with Crippen LogP contribution in [0.1, 0.15) is 57.2 Å². The second-order valence-corrected chi connectivity index (χ2v) is 9.61. The molecule has 1 aromatic carbocycles. The Kier molecular flexibility index (Phi) is 4.66. The van der Waals surface area contributed by atoms with E-state index in [9.17, 15) is 13.6 Å². The van der Waals surface area contributed by atoms with Crippen molar-refractivity contribution in [1.82, 2.24) is 20.4 Å². The van der Waals surface area contributed by atoms with Crippen molar-refractivity contribution in [2.75, 3.05) is 19.6 Å². The summed E-state index contributed by atoms with van der Waals surface area (Å²) in [4.78, 5) is 14.4. The third-order valence-corrected chi connectivity index (χ3v) is 8.11. The minimum absolute atomic E-state index is 0.0725. The van der Waals surface area contributed by atoms with Gasteiger partial charge in [-0.3, -0.25) is 4.79 Å². The number of carbonyl (C=O) groups is 1. The van der Waals surface area contributed by atoms with Gasteiger partial charge in [-0.25, -0.2) is 8.78 Å². The van der Waals surface area contributed by atoms with Crippen LogP contribution in [0.15, 0.2) is 24.3 Å². The molecule has 2 aromatic rings. The zero-order chi connectivity index (χ0) is 22.0. The van der Waals surface area contributed by atoms with Crippen molar-refractivity contribution < 1.29 is 13.6 Å². The van der Waals surface area contributed by atoms with Crippen molar-refractivity contribution in [2.45, 2.75) is 57.4 Å². The van der Waals surface area contributed by atoms with E-state index >= 15 is 0 Å². The minimum Gasteiger partial charge on any atom is -0.340 e. The van der Waals surface area contributed by atoms with Crippen molar-refractivity contribution in [1.29, 1.82) is 0 Å². The molecule has 2 fully saturated rings. The summed E-state index contributed by atoms with van der Waals surface area (Å²) in [6.45, 7) is 8.53. The zero-order valence-corrected chi connectivity index (χ0v) is 18.2. The number of benzene rings is 1. The van der Waals surface area contributed by atoms with Crippen molar-refractivity contribution in [3.05, 3.63) is 47.2 Å². The summed E-state index contributed by atoms with van der Waals surface area (Å²) < 4.78 is 28.8. The molecule has 1 aliphatic heterocycles. The van der Waals surface area contributed by atoms with Gasteiger partial charge in [0, 0.05) is 37.5 Å². The van der Waals surface area contributed by atoms with Crippen LogP contribution in [-0.2, 0) is 10.2 Å². The molecule has 5 rings (SSSR count). The molecule has 2 heterocycles. The lowest BCUT2D eigenvalue weighted by Crippen LogP contribution is -2.63. The van der Waals surface area contributed by atoms with Crippen molar-refractivity contribution in [3.8, 4) is 11.3 Å². The normalized spacial score (nSPS) is 28.6. The molecule has 1 saturated heterocycles. The molecule has 3 aliphatic rings. The van der Waals surface area contributed by atoms with Gasteiger partial charge in [-0.2, -0.15) is 10.2 Å². The monoisotopic (exact) mass is 426 g/mol. The molecule has 5 nitrogen and oxygen atoms in total. The Hall–Kier alpha value is -2.41. The van der Waals surface area contributed by atoms with E-state index in [-0.39, 0.29) is 40.0 Å². The molecule has 2 bridgehead atoms. The molecule has 1 N–H and O–H groups in total. The van der Waals surface area contributed by atoms with Gasteiger partial charge < -0.3 is 10.2 Å². The predicted octanol–water partition coefficient (Wildman–Crippen LogP) is 3.79. The fourth-order valence-electron chi connectivity index (χ4n) is 6.54. The lowest BCUT2D eigenvalue weighted by molar-refractivity contribution is -0.132. The number of halogens is 2. The highest BCUT2D eigenvalue weighted by molar-refractivity contribution is 5.76. The van der Waals surface area contributed by atoms with Crippen LogP contribution in [0.2, 0.25) is 0 Å². The Bertz CT molecular complexity index is 1040. The molecule has 1 amide bonds. The lowest BCUT2D eigenvalue weighted by atomic mass is 9.63. The topological polar surface area (TPSA) is 58.1 Å². The molecular formula is C24H28F2N4O. The van der Waals surface area contributed by atoms with E-state index in [2.05, 4.69) is 29.4 Å². The van der Waals surface area contributed by atoms with Crippen molar-refractivity contribution in [3.63, 3.8) is 0 Å². The average molecular weight is 427 g/mol. The summed E-state index contributed by atoms with van der Waals surface area (Å²) in [7, 11) is 0. The molecule has 31 heavy (non-hydrogen) atoms. The number of hydrogen-bond donors (Lipinski definition) is 1. The second-order valence-electron chi connectivity index (χ2n) is 9.61. The zero-order valence-electron chi connectivity index (χ0n) is 18.2. The van der Waals surface area contributed by atoms with Gasteiger partial charge in [-0.05, 0) is 47.9 Å². The van der Waals surface area contributed by atoms with Gasteiger partial charge in [0.1, 0.15) is 11.6 Å². The molecule has 0 unspecified atom stereocenters. The first-order chi connectivity index (χ1) is 14.8. The molecule has 7 heteroatoms. The first kappa shape index (κ1) is 20.5. The summed E-state index contributed by atoms with van der Waals surface area (Å²) in [6, 6.07) is 5.76. The van der Waals surface area contributed by atoms with Crippen LogP contribution in [0.4, 0.5) is 8.78 Å². The number of amides is 1. The summed E-state index contributed by atoms with van der Waals surface area (Å²) >= 11 is 0. The van der Waals surface area contributed by atoms with Gasteiger partial charge in [0.25, 0.3) is 0 Å². The first-order valence-electron chi connectivity index (χ1n) is 11.1. The Morgan fingerprint density at radius 2 is 2.00 bits per heavy atom. The molecule has 1 aromatic heterocycles. The van der Waals surface area contributed by atoms with Crippen molar-refractivity contribution in [2.24, 2.45) is 5.41 Å². The lowest BCUT2D eigenvalue weighted by Gasteiger charge is -2.48. The quantitative estimate of drug-likeness (QED) is 0.812. The number of nitrogens with zero attached hydrogens (tertiary/aromatic N) is 3.